The summed E-state index contributed by atoms with van der Waals surface area (Å²) in [6, 6.07) is 10.8. The molecular weight excluding hydrogens is 256 g/mol. The van der Waals surface area contributed by atoms with E-state index in [-0.39, 0.29) is 10.8 Å². The smallest absolute Gasteiger partial charge is 0.0681 e. The van der Waals surface area contributed by atoms with E-state index in [0.717, 1.165) is 6.54 Å². The number of aryl methyl sites for hydroxylation is 1. The van der Waals surface area contributed by atoms with E-state index in [1.807, 2.05) is 0 Å². The zero-order valence-electron chi connectivity index (χ0n) is 14.5. The molecule has 2 heteroatoms. The van der Waals surface area contributed by atoms with Gasteiger partial charge < -0.3 is 0 Å². The van der Waals surface area contributed by atoms with Crippen LogP contribution in [0.1, 0.15) is 64.1 Å². The van der Waals surface area contributed by atoms with E-state index in [4.69, 9.17) is 5.10 Å². The van der Waals surface area contributed by atoms with Gasteiger partial charge in [-0.1, -0.05) is 65.8 Å². The number of benzene rings is 1. The lowest BCUT2D eigenvalue weighted by atomic mass is 9.88. The number of rotatable bonds is 2. The number of hydrogen-bond donors (Lipinski definition) is 0. The molecule has 1 heterocycles. The zero-order valence-corrected chi connectivity index (χ0v) is 14.5. The van der Waals surface area contributed by atoms with E-state index in [2.05, 4.69) is 83.5 Å². The maximum Gasteiger partial charge on any atom is 0.0681 e. The summed E-state index contributed by atoms with van der Waals surface area (Å²) in [7, 11) is 0. The SMILES string of the molecule is Cc1ccccc1Cn1nc(C(C)(C)C)cc1C(C)(C)C. The Bertz CT molecular complexity index is 622. The molecule has 2 aromatic rings. The van der Waals surface area contributed by atoms with Crippen LogP contribution >= 0.6 is 0 Å². The second-order valence-corrected chi connectivity index (χ2v) is 8.00. The molecular formula is C19H28N2. The fraction of sp³-hybridized carbons (Fsp3) is 0.526. The Labute approximate surface area is 129 Å². The Kier molecular flexibility index (Phi) is 4.01. The molecule has 0 N–H and O–H groups in total. The normalized spacial score (nSPS) is 12.7. The van der Waals surface area contributed by atoms with Crippen molar-refractivity contribution in [2.24, 2.45) is 0 Å². The molecule has 0 saturated heterocycles. The lowest BCUT2D eigenvalue weighted by Crippen LogP contribution is -2.19. The second-order valence-electron chi connectivity index (χ2n) is 8.00. The first-order valence-corrected chi connectivity index (χ1v) is 7.72. The minimum Gasteiger partial charge on any atom is -0.264 e. The highest BCUT2D eigenvalue weighted by Crippen LogP contribution is 2.29. The van der Waals surface area contributed by atoms with Crippen molar-refractivity contribution in [1.82, 2.24) is 9.78 Å². The maximum absolute atomic E-state index is 4.90. The molecule has 0 atom stereocenters. The van der Waals surface area contributed by atoms with Crippen LogP contribution < -0.4 is 0 Å². The molecule has 2 rings (SSSR count). The van der Waals surface area contributed by atoms with Gasteiger partial charge in [0.05, 0.1) is 12.2 Å². The lowest BCUT2D eigenvalue weighted by Gasteiger charge is -2.20. The Morgan fingerprint density at radius 3 is 2.10 bits per heavy atom. The van der Waals surface area contributed by atoms with Crippen molar-refractivity contribution in [3.05, 3.63) is 52.8 Å². The third-order valence-corrected chi connectivity index (χ3v) is 3.90. The van der Waals surface area contributed by atoms with Crippen molar-refractivity contribution in [1.29, 1.82) is 0 Å². The maximum atomic E-state index is 4.90. The first-order chi connectivity index (χ1) is 9.59. The van der Waals surface area contributed by atoms with Crippen LogP contribution in [0.5, 0.6) is 0 Å². The van der Waals surface area contributed by atoms with E-state index >= 15 is 0 Å². The predicted molar refractivity (Wildman–Crippen MR) is 89.9 cm³/mol. The third kappa shape index (κ3) is 3.55. The Balaban J connectivity index is 2.47. The van der Waals surface area contributed by atoms with Gasteiger partial charge in [0.2, 0.25) is 0 Å². The fourth-order valence-electron chi connectivity index (χ4n) is 2.46. The highest BCUT2D eigenvalue weighted by atomic mass is 15.3. The summed E-state index contributed by atoms with van der Waals surface area (Å²) in [5.41, 5.74) is 5.31. The molecule has 1 aromatic heterocycles. The quantitative estimate of drug-likeness (QED) is 0.772. The van der Waals surface area contributed by atoms with Crippen molar-refractivity contribution >= 4 is 0 Å². The first kappa shape index (κ1) is 15.8. The van der Waals surface area contributed by atoms with E-state index < -0.39 is 0 Å². The van der Waals surface area contributed by atoms with Crippen LogP contribution in [-0.4, -0.2) is 9.78 Å². The van der Waals surface area contributed by atoms with Crippen molar-refractivity contribution in [3.8, 4) is 0 Å². The molecule has 2 nitrogen and oxygen atoms in total. The number of aromatic nitrogens is 2. The minimum absolute atomic E-state index is 0.0803. The molecule has 0 bridgehead atoms. The van der Waals surface area contributed by atoms with Gasteiger partial charge in [-0.2, -0.15) is 5.10 Å². The summed E-state index contributed by atoms with van der Waals surface area (Å²) >= 11 is 0. The number of hydrogen-bond acceptors (Lipinski definition) is 1. The highest BCUT2D eigenvalue weighted by Gasteiger charge is 2.25. The summed E-state index contributed by atoms with van der Waals surface area (Å²) in [6.07, 6.45) is 0. The second kappa shape index (κ2) is 5.32. The minimum atomic E-state index is 0.0803. The van der Waals surface area contributed by atoms with Crippen LogP contribution in [0.25, 0.3) is 0 Å². The molecule has 21 heavy (non-hydrogen) atoms. The van der Waals surface area contributed by atoms with E-state index in [1.165, 1.54) is 22.5 Å². The van der Waals surface area contributed by atoms with Gasteiger partial charge in [0.25, 0.3) is 0 Å². The van der Waals surface area contributed by atoms with Gasteiger partial charge in [0.1, 0.15) is 0 Å². The van der Waals surface area contributed by atoms with Gasteiger partial charge in [-0.3, -0.25) is 4.68 Å². The third-order valence-electron chi connectivity index (χ3n) is 3.90. The van der Waals surface area contributed by atoms with E-state index in [1.54, 1.807) is 0 Å². The topological polar surface area (TPSA) is 17.8 Å². The molecule has 0 spiro atoms. The molecule has 0 aliphatic heterocycles. The molecule has 0 aliphatic carbocycles. The summed E-state index contributed by atoms with van der Waals surface area (Å²) in [5.74, 6) is 0. The molecule has 0 fully saturated rings. The number of nitrogens with zero attached hydrogens (tertiary/aromatic N) is 2. The summed E-state index contributed by atoms with van der Waals surface area (Å²) < 4.78 is 2.18. The molecule has 114 valence electrons. The standard InChI is InChI=1S/C19H28N2/c1-14-10-8-9-11-15(14)13-21-17(19(5,6)7)12-16(20-21)18(2,3)4/h8-12H,13H2,1-7H3. The van der Waals surface area contributed by atoms with Gasteiger partial charge >= 0.3 is 0 Å². The highest BCUT2D eigenvalue weighted by molar-refractivity contribution is 5.28. The van der Waals surface area contributed by atoms with Gasteiger partial charge in [0.15, 0.2) is 0 Å². The van der Waals surface area contributed by atoms with Crippen molar-refractivity contribution in [2.75, 3.05) is 0 Å². The van der Waals surface area contributed by atoms with Gasteiger partial charge in [-0.25, -0.2) is 0 Å². The molecule has 0 saturated carbocycles. The lowest BCUT2D eigenvalue weighted by molar-refractivity contribution is 0.495. The van der Waals surface area contributed by atoms with Gasteiger partial charge in [-0.05, 0) is 24.1 Å². The Morgan fingerprint density at radius 2 is 1.57 bits per heavy atom. The fourth-order valence-corrected chi connectivity index (χ4v) is 2.46. The van der Waals surface area contributed by atoms with Crippen molar-refractivity contribution in [3.63, 3.8) is 0 Å². The molecule has 0 radical (unpaired) electrons. The molecule has 0 unspecified atom stereocenters. The van der Waals surface area contributed by atoms with Gasteiger partial charge in [-0.15, -0.1) is 0 Å². The Morgan fingerprint density at radius 1 is 0.952 bits per heavy atom. The monoisotopic (exact) mass is 284 g/mol. The first-order valence-electron chi connectivity index (χ1n) is 7.72. The molecule has 1 aromatic carbocycles. The summed E-state index contributed by atoms with van der Waals surface area (Å²) in [4.78, 5) is 0. The summed E-state index contributed by atoms with van der Waals surface area (Å²) in [5, 5.41) is 4.90. The van der Waals surface area contributed by atoms with Gasteiger partial charge in [0, 0.05) is 16.5 Å². The predicted octanol–water partition coefficient (Wildman–Crippen LogP) is 4.83. The van der Waals surface area contributed by atoms with Crippen LogP contribution in [0.4, 0.5) is 0 Å². The van der Waals surface area contributed by atoms with Crippen molar-refractivity contribution in [2.45, 2.75) is 65.8 Å². The van der Waals surface area contributed by atoms with Crippen LogP contribution in [0.3, 0.4) is 0 Å². The molecule has 0 amide bonds. The van der Waals surface area contributed by atoms with Crippen LogP contribution in [-0.2, 0) is 17.4 Å². The van der Waals surface area contributed by atoms with E-state index in [0.29, 0.717) is 0 Å². The molecule has 0 aliphatic rings. The largest absolute Gasteiger partial charge is 0.264 e. The van der Waals surface area contributed by atoms with Crippen LogP contribution in [0.15, 0.2) is 30.3 Å². The average molecular weight is 284 g/mol. The Hall–Kier alpha value is -1.57. The average Bonchev–Trinajstić information content (AvgIpc) is 2.75. The summed E-state index contributed by atoms with van der Waals surface area (Å²) in [6.45, 7) is 16.4. The van der Waals surface area contributed by atoms with Crippen LogP contribution in [0.2, 0.25) is 0 Å². The van der Waals surface area contributed by atoms with Crippen LogP contribution in [0, 0.1) is 6.92 Å². The van der Waals surface area contributed by atoms with E-state index in [9.17, 15) is 0 Å². The zero-order chi connectivity index (χ0) is 15.8. The van der Waals surface area contributed by atoms with Crippen molar-refractivity contribution < 1.29 is 0 Å².